The average Bonchev–Trinajstić information content (AvgIpc) is 1.68. The molecule has 0 spiro atoms. The Morgan fingerprint density at radius 1 is 0.545 bits per heavy atom. The van der Waals surface area contributed by atoms with Gasteiger partial charge >= 0.3 is 5.97 Å². The van der Waals surface area contributed by atoms with E-state index in [4.69, 9.17) is 11.5 Å². The molecule has 4 saturated heterocycles. The number of para-hydroxylation sites is 2. The molecule has 724 valence electrons. The third kappa shape index (κ3) is 27.1. The summed E-state index contributed by atoms with van der Waals surface area (Å²) in [5.74, 6) is -19.0. The number of nitrogens with two attached hydrogens (primary N) is 2. The van der Waals surface area contributed by atoms with Gasteiger partial charge in [0.05, 0.1) is 37.8 Å². The quantitative estimate of drug-likeness (QED) is 0.0308. The highest BCUT2D eigenvalue weighted by Crippen LogP contribution is 2.29. The second-order valence-electron chi connectivity index (χ2n) is 34.3. The zero-order valence-corrected chi connectivity index (χ0v) is 76.4. The van der Waals surface area contributed by atoms with E-state index in [-0.39, 0.29) is 82.3 Å². The van der Waals surface area contributed by atoms with Gasteiger partial charge in [-0.2, -0.15) is 0 Å². The van der Waals surface area contributed by atoms with Gasteiger partial charge in [0.25, 0.3) is 0 Å². The zero-order valence-electron chi connectivity index (χ0n) is 75.6. The molecule has 4 aliphatic rings. The monoisotopic (exact) mass is 1880 g/mol. The first kappa shape index (κ1) is 103. The topological polar surface area (TPSA) is 626 Å². The molecule has 20 N–H and O–H groups in total. The van der Waals surface area contributed by atoms with Crippen LogP contribution in [0.4, 0.5) is 0 Å². The predicted molar refractivity (Wildman–Crippen MR) is 485 cm³/mol. The first-order valence-electron chi connectivity index (χ1n) is 44.9. The maximum absolute atomic E-state index is 15.7. The van der Waals surface area contributed by atoms with Crippen LogP contribution in [0.3, 0.4) is 0 Å². The van der Waals surface area contributed by atoms with Crippen molar-refractivity contribution in [2.24, 2.45) is 18.5 Å². The molecule has 44 heteroatoms. The number of phenolic OH excluding ortho intramolecular Hbond substituents is 1. The van der Waals surface area contributed by atoms with E-state index in [1.807, 2.05) is 19.9 Å². The van der Waals surface area contributed by atoms with Gasteiger partial charge < -0.3 is 124 Å². The number of nitrogens with zero attached hydrogens (tertiary/aromatic N) is 7. The SMILES string of the molecule is CCCC[C@H]1C(=O)N(C)[C@@H](CCCC)C(=O)N[C@@H](C)C(=O)N[C@H](C(=O)NCC(N)=O)CSCC(=O)N[C@H](Cc2ccc(O)cc2)C(=O)N2CCCC[C@H]2C(=O)N[C@@H](CC(=O)O)C(=O)N2CCC[C@H]2C(=O)N[C@@H](Cc2cnc[nH]2)C(=O)N[C@@H](CCC(N)=O)C(=O)N2C[C@H](O)C[C@H]2C(=O)N[C@@H](Cc2c[nH]c3ccccc23)C(=O)N[C@@H](CO)C(=O)N[C@@H](Cc2cn(C)c3ccccc23)C(=O)N1C. The van der Waals surface area contributed by atoms with Crippen LogP contribution in [0.25, 0.3) is 21.8 Å². The summed E-state index contributed by atoms with van der Waals surface area (Å²) in [6.45, 7) is 2.29. The van der Waals surface area contributed by atoms with Crippen LogP contribution in [0.2, 0.25) is 0 Å². The molecule has 43 nitrogen and oxygen atoms in total. The number of piperidine rings is 1. The molecule has 17 amide bonds. The fourth-order valence-corrected chi connectivity index (χ4v) is 18.1. The number of thioether (sulfide) groups is 1. The summed E-state index contributed by atoms with van der Waals surface area (Å²) in [5.41, 5.74) is 14.0. The number of unbranched alkanes of at least 4 members (excludes halogenated alkanes) is 2. The Morgan fingerprint density at radius 2 is 1.11 bits per heavy atom. The van der Waals surface area contributed by atoms with Crippen molar-refractivity contribution in [2.45, 2.75) is 233 Å². The van der Waals surface area contributed by atoms with Crippen LogP contribution >= 0.6 is 11.8 Å². The van der Waals surface area contributed by atoms with E-state index in [1.54, 1.807) is 66.5 Å². The van der Waals surface area contributed by atoms with E-state index in [1.165, 1.54) is 62.7 Å². The van der Waals surface area contributed by atoms with Crippen molar-refractivity contribution < 1.29 is 107 Å². The summed E-state index contributed by atoms with van der Waals surface area (Å²) in [7, 11) is 4.46. The minimum Gasteiger partial charge on any atom is -0.508 e. The molecule has 7 heterocycles. The van der Waals surface area contributed by atoms with Crippen LogP contribution in [0.5, 0.6) is 5.75 Å². The van der Waals surface area contributed by atoms with E-state index < -0.39 is 254 Å². The maximum atomic E-state index is 15.7. The number of hydrogen-bond acceptors (Lipinski definition) is 23. The first-order chi connectivity index (χ1) is 64.0. The highest BCUT2D eigenvalue weighted by atomic mass is 32.2. The molecule has 0 bridgehead atoms. The number of benzene rings is 3. The number of carbonyl (C=O) groups excluding carboxylic acids is 17. The summed E-state index contributed by atoms with van der Waals surface area (Å²) in [6.07, 6.45) is 2.95. The molecular weight excluding hydrogens is 1760 g/mol. The Hall–Kier alpha value is -13.5. The Bertz CT molecular complexity index is 5260. The number of carboxylic acids is 1. The fraction of sp³-hybridized carbons (Fsp3) is 0.522. The van der Waals surface area contributed by atoms with E-state index in [2.05, 4.69) is 68.1 Å². The Labute approximate surface area is 776 Å². The van der Waals surface area contributed by atoms with Gasteiger partial charge in [-0.05, 0) is 99.2 Å². The highest BCUT2D eigenvalue weighted by molar-refractivity contribution is 8.00. The Morgan fingerprint density at radius 3 is 1.76 bits per heavy atom. The minimum atomic E-state index is -1.91. The second kappa shape index (κ2) is 48.2. The van der Waals surface area contributed by atoms with E-state index in [9.17, 15) is 68.4 Å². The molecule has 15 atom stereocenters. The number of aliphatic hydroxyl groups is 2. The molecular formula is C90H121N21O22S. The Kier molecular flexibility index (Phi) is 36.9. The van der Waals surface area contributed by atoms with Crippen molar-refractivity contribution in [1.29, 1.82) is 0 Å². The van der Waals surface area contributed by atoms with Crippen LogP contribution in [0.1, 0.15) is 139 Å². The number of aromatic amines is 2. The van der Waals surface area contributed by atoms with Gasteiger partial charge in [0.1, 0.15) is 90.3 Å². The van der Waals surface area contributed by atoms with Gasteiger partial charge in [0.2, 0.25) is 100 Å². The summed E-state index contributed by atoms with van der Waals surface area (Å²) in [5, 5.41) is 70.5. The molecule has 10 rings (SSSR count). The number of aliphatic carboxylic acids is 1. The van der Waals surface area contributed by atoms with E-state index in [0.717, 1.165) is 36.9 Å². The van der Waals surface area contributed by atoms with Crippen molar-refractivity contribution in [3.05, 3.63) is 120 Å². The predicted octanol–water partition coefficient (Wildman–Crippen LogP) is -2.81. The summed E-state index contributed by atoms with van der Waals surface area (Å²) >= 11 is 0.783. The minimum absolute atomic E-state index is 0.00330. The fourth-order valence-electron chi connectivity index (χ4n) is 17.3. The van der Waals surface area contributed by atoms with Gasteiger partial charge in [-0.15, -0.1) is 11.8 Å². The largest absolute Gasteiger partial charge is 0.508 e. The van der Waals surface area contributed by atoms with Crippen LogP contribution in [-0.2, 0) is 119 Å². The molecule has 3 aromatic carbocycles. The van der Waals surface area contributed by atoms with Gasteiger partial charge in [-0.25, -0.2) is 4.98 Å². The van der Waals surface area contributed by atoms with Gasteiger partial charge in [-0.3, -0.25) is 86.3 Å². The number of hydrogen-bond donors (Lipinski definition) is 18. The number of likely N-dealkylation sites (N-methyl/N-ethyl adjacent to an activating group) is 2. The number of nitrogens with one attached hydrogen (secondary N) is 12. The first-order valence-corrected chi connectivity index (χ1v) is 46.1. The van der Waals surface area contributed by atoms with Crippen LogP contribution < -0.4 is 64.6 Å². The number of primary amides is 2. The molecule has 6 aromatic rings. The number of aromatic nitrogens is 4. The molecule has 0 aliphatic carbocycles. The standard InChI is InChI=1S/C90H121N21O22S/c1-7-9-21-68-82(125)97-49(3)77(120)105-66(78(121)95-42-74(92)116)46-134-47-75(117)98-62(34-50-26-28-54(113)29-27-50)88(131)109-32-16-15-24-69(109)84(127)103-64(39-76(118)119)89(132)110-33-17-25-70(110)83(126)101-61(37-53-41-93-48-96-53)80(123)99-59(30-31-73(91)115)87(130)111-44-55(114)38-72(111)85(128)100-60(35-51-40-94-58-20-13-11-18-56(51)58)79(122)104-65(45-112)81(124)102-63(36-52-43-106(4)67-23-14-12-19-57(52)67)86(129)108(6)71(22-10-8-2)90(133)107(68)5/h11-14,18-20,23,26-29,40-41,43,48-49,55,59-66,68-72,94,112-114H,7-10,15-17,21-22,24-25,30-39,42,44-47H2,1-6H3,(H2,91,115)(H2,92,116)(H,93,96)(H,95,121)(H,97,125)(H,98,117)(H,99,123)(H,100,128)(H,101,126)(H,102,124)(H,103,127)(H,104,122)(H,105,120)(H,118,119)/t49-,55+,59-,60-,61-,62+,63-,64-,65-,66-,68-,69-,70-,71-,72-/m0/s1. The van der Waals surface area contributed by atoms with Gasteiger partial charge in [0, 0.05) is 131 Å². The molecule has 3 aromatic heterocycles. The van der Waals surface area contributed by atoms with Crippen molar-refractivity contribution in [3.63, 3.8) is 0 Å². The number of aliphatic hydroxyl groups excluding tert-OH is 2. The Balaban J connectivity index is 1.01. The third-order valence-electron chi connectivity index (χ3n) is 24.5. The summed E-state index contributed by atoms with van der Waals surface area (Å²) in [6, 6.07) is -2.63. The number of imidazole rings is 1. The van der Waals surface area contributed by atoms with Gasteiger partial charge in [0.15, 0.2) is 0 Å². The van der Waals surface area contributed by atoms with E-state index in [0.29, 0.717) is 71.5 Å². The second-order valence-corrected chi connectivity index (χ2v) is 35.3. The lowest BCUT2D eigenvalue weighted by Crippen LogP contribution is -2.62. The zero-order chi connectivity index (χ0) is 97.3. The number of carboxylic acid groups (broad SMARTS) is 1. The number of aryl methyl sites for hydroxylation is 1. The maximum Gasteiger partial charge on any atom is 0.305 e. The van der Waals surface area contributed by atoms with Crippen LogP contribution in [0, 0.1) is 0 Å². The molecule has 4 aliphatic heterocycles. The van der Waals surface area contributed by atoms with Gasteiger partial charge in [-0.1, -0.05) is 88.1 Å². The van der Waals surface area contributed by atoms with Crippen molar-refractivity contribution in [1.82, 2.24) is 97.2 Å². The normalized spacial score (nSPS) is 25.3. The number of aromatic hydroxyl groups is 1. The molecule has 0 saturated carbocycles. The number of rotatable bonds is 23. The molecule has 0 unspecified atom stereocenters. The number of H-pyrrole nitrogens is 2. The smallest absolute Gasteiger partial charge is 0.305 e. The number of amides is 17. The number of fused-ring (bicyclic) bond motifs is 5. The summed E-state index contributed by atoms with van der Waals surface area (Å²) in [4.78, 5) is 278. The lowest BCUT2D eigenvalue weighted by atomic mass is 9.97. The van der Waals surface area contributed by atoms with E-state index >= 15 is 38.4 Å². The molecule has 0 radical (unpaired) electrons. The van der Waals surface area contributed by atoms with Crippen molar-refractivity contribution >= 4 is 140 Å². The average molecular weight is 1880 g/mol. The van der Waals surface area contributed by atoms with Crippen LogP contribution in [-0.4, -0.2) is 320 Å². The number of phenols is 1. The summed E-state index contributed by atoms with van der Waals surface area (Å²) < 4.78 is 1.80. The van der Waals surface area contributed by atoms with Crippen molar-refractivity contribution in [3.8, 4) is 5.75 Å². The molecule has 134 heavy (non-hydrogen) atoms. The lowest BCUT2D eigenvalue weighted by Gasteiger charge is -2.38. The molecule has 4 fully saturated rings. The number of carbonyl (C=O) groups is 18. The van der Waals surface area contributed by atoms with Crippen molar-refractivity contribution in [2.75, 3.05) is 58.4 Å². The lowest BCUT2D eigenvalue weighted by molar-refractivity contribution is -0.149. The third-order valence-corrected chi connectivity index (χ3v) is 25.5. The van der Waals surface area contributed by atoms with Crippen LogP contribution in [0.15, 0.2) is 97.7 Å². The highest BCUT2D eigenvalue weighted by Gasteiger charge is 2.47.